The molecule has 1 atom stereocenters. The third kappa shape index (κ3) is 6.44. The van der Waals surface area contributed by atoms with Crippen LogP contribution in [0.25, 0.3) is 0 Å². The topological polar surface area (TPSA) is 65.9 Å². The lowest BCUT2D eigenvalue weighted by Gasteiger charge is -2.15. The second-order valence-corrected chi connectivity index (χ2v) is 6.97. The fourth-order valence-corrected chi connectivity index (χ4v) is 3.20. The van der Waals surface area contributed by atoms with Crippen molar-refractivity contribution in [2.45, 2.75) is 26.2 Å². The van der Waals surface area contributed by atoms with E-state index >= 15 is 0 Å². The number of aliphatic hydroxyl groups excluding tert-OH is 1. The molecular formula is C17H20ClF2N3O2S. The van der Waals surface area contributed by atoms with Crippen molar-refractivity contribution in [3.63, 3.8) is 0 Å². The van der Waals surface area contributed by atoms with E-state index in [4.69, 9.17) is 11.6 Å². The monoisotopic (exact) mass is 403 g/mol. The molecule has 1 aromatic carbocycles. The Morgan fingerprint density at radius 3 is 2.69 bits per heavy atom. The Kier molecular flexibility index (Phi) is 8.08. The fourth-order valence-electron chi connectivity index (χ4n) is 2.15. The minimum atomic E-state index is -2.89. The van der Waals surface area contributed by atoms with E-state index in [0.29, 0.717) is 22.4 Å². The molecule has 2 rings (SSSR count). The first-order chi connectivity index (χ1) is 12.5. The highest BCUT2D eigenvalue weighted by molar-refractivity contribution is 7.16. The molecule has 0 bridgehead atoms. The molecular weight excluding hydrogens is 384 g/mol. The largest absolute Gasteiger partial charge is 0.434 e. The minimum Gasteiger partial charge on any atom is -0.434 e. The summed E-state index contributed by atoms with van der Waals surface area (Å²) in [6.45, 7) is 0.0127. The number of hydrogen-bond acceptors (Lipinski definition) is 4. The number of halogens is 3. The Hall–Kier alpha value is -1.90. The smallest absolute Gasteiger partial charge is 0.387 e. The van der Waals surface area contributed by atoms with Crippen molar-refractivity contribution >= 4 is 28.9 Å². The van der Waals surface area contributed by atoms with Crippen LogP contribution in [0, 0.1) is 0 Å². The van der Waals surface area contributed by atoms with E-state index in [0.717, 1.165) is 4.88 Å². The van der Waals surface area contributed by atoms with Crippen molar-refractivity contribution in [1.82, 2.24) is 10.6 Å². The van der Waals surface area contributed by atoms with Crippen molar-refractivity contribution in [1.29, 1.82) is 0 Å². The van der Waals surface area contributed by atoms with Crippen molar-refractivity contribution in [3.05, 3.63) is 51.2 Å². The molecule has 0 saturated carbocycles. The van der Waals surface area contributed by atoms with Crippen LogP contribution < -0.4 is 15.4 Å². The summed E-state index contributed by atoms with van der Waals surface area (Å²) in [5, 5.41) is 16.2. The second-order valence-electron chi connectivity index (χ2n) is 5.22. The van der Waals surface area contributed by atoms with Crippen molar-refractivity contribution in [3.8, 4) is 5.75 Å². The number of nitrogens with zero attached hydrogens (tertiary/aromatic N) is 1. The van der Waals surface area contributed by atoms with E-state index < -0.39 is 12.7 Å². The van der Waals surface area contributed by atoms with Gasteiger partial charge in [0.2, 0.25) is 0 Å². The van der Waals surface area contributed by atoms with E-state index in [9.17, 15) is 13.9 Å². The van der Waals surface area contributed by atoms with Crippen LogP contribution in [0.5, 0.6) is 5.75 Å². The molecule has 0 aliphatic rings. The highest BCUT2D eigenvalue weighted by Crippen LogP contribution is 2.26. The third-order valence-electron chi connectivity index (χ3n) is 3.33. The van der Waals surface area contributed by atoms with Gasteiger partial charge in [-0.15, -0.1) is 11.3 Å². The zero-order valence-corrected chi connectivity index (χ0v) is 15.7. The first-order valence-electron chi connectivity index (χ1n) is 7.97. The van der Waals surface area contributed by atoms with Crippen LogP contribution in [-0.4, -0.2) is 30.8 Å². The minimum absolute atomic E-state index is 0.0929. The van der Waals surface area contributed by atoms with Crippen molar-refractivity contribution in [2.75, 3.05) is 13.1 Å². The second kappa shape index (κ2) is 10.3. The predicted octanol–water partition coefficient (Wildman–Crippen LogP) is 3.79. The molecule has 1 unspecified atom stereocenters. The van der Waals surface area contributed by atoms with E-state index in [-0.39, 0.29) is 18.8 Å². The maximum Gasteiger partial charge on any atom is 0.387 e. The molecule has 26 heavy (non-hydrogen) atoms. The molecule has 0 fully saturated rings. The molecule has 0 radical (unpaired) electrons. The summed E-state index contributed by atoms with van der Waals surface area (Å²) in [6, 6.07) is 9.99. The van der Waals surface area contributed by atoms with E-state index in [1.807, 2.05) is 6.92 Å². The Balaban J connectivity index is 2.00. The number of benzene rings is 1. The summed E-state index contributed by atoms with van der Waals surface area (Å²) in [7, 11) is 0. The van der Waals surface area contributed by atoms with Gasteiger partial charge in [0.1, 0.15) is 11.9 Å². The Morgan fingerprint density at radius 1 is 1.27 bits per heavy atom. The summed E-state index contributed by atoms with van der Waals surface area (Å²) in [5.74, 6) is 0.552. The molecule has 0 spiro atoms. The van der Waals surface area contributed by atoms with Gasteiger partial charge < -0.3 is 20.5 Å². The summed E-state index contributed by atoms with van der Waals surface area (Å²) in [6.07, 6.45) is -0.731. The molecule has 0 amide bonds. The lowest BCUT2D eigenvalue weighted by Crippen LogP contribution is -2.39. The molecule has 1 heterocycles. The molecule has 3 N–H and O–H groups in total. The van der Waals surface area contributed by atoms with Gasteiger partial charge in [-0.05, 0) is 25.1 Å². The number of aliphatic imine (C=N–C) groups is 1. The lowest BCUT2D eigenvalue weighted by atomic mass is 10.2. The van der Waals surface area contributed by atoms with Gasteiger partial charge in [0.05, 0.1) is 10.9 Å². The summed E-state index contributed by atoms with van der Waals surface area (Å²) in [4.78, 5) is 5.10. The van der Waals surface area contributed by atoms with Crippen molar-refractivity contribution in [2.24, 2.45) is 4.99 Å². The first kappa shape index (κ1) is 20.4. The average molecular weight is 404 g/mol. The fraction of sp³-hybridized carbons (Fsp3) is 0.353. The van der Waals surface area contributed by atoms with Gasteiger partial charge in [-0.2, -0.15) is 8.78 Å². The molecule has 0 saturated heterocycles. The predicted molar refractivity (Wildman–Crippen MR) is 100 cm³/mol. The molecule has 9 heteroatoms. The van der Waals surface area contributed by atoms with Gasteiger partial charge in [0.25, 0.3) is 0 Å². The molecule has 0 aliphatic heterocycles. The summed E-state index contributed by atoms with van der Waals surface area (Å²) < 4.78 is 30.1. The number of guanidine groups is 1. The Labute approximate surface area is 159 Å². The number of alkyl halides is 2. The van der Waals surface area contributed by atoms with Crippen LogP contribution in [0.4, 0.5) is 8.78 Å². The number of aliphatic hydroxyl groups is 1. The van der Waals surface area contributed by atoms with Crippen LogP contribution in [-0.2, 0) is 6.54 Å². The number of rotatable bonds is 8. The molecule has 142 valence electrons. The van der Waals surface area contributed by atoms with Crippen LogP contribution in [0.2, 0.25) is 4.34 Å². The number of hydrogen-bond donors (Lipinski definition) is 3. The maximum absolute atomic E-state index is 12.5. The van der Waals surface area contributed by atoms with Crippen LogP contribution in [0.3, 0.4) is 0 Å². The van der Waals surface area contributed by atoms with Gasteiger partial charge in [0.15, 0.2) is 5.96 Å². The van der Waals surface area contributed by atoms with E-state index in [1.165, 1.54) is 17.4 Å². The normalized spacial score (nSPS) is 12.9. The highest BCUT2D eigenvalue weighted by Gasteiger charge is 2.12. The Morgan fingerprint density at radius 2 is 2.04 bits per heavy atom. The maximum atomic E-state index is 12.5. The standard InChI is InChI=1S/C17H20ClF2N3O2S/c1-2-21-17(23-10-12(24)14-7-8-15(18)26-14)22-9-11-5-3-4-6-13(11)25-16(19)20/h3-8,12,16,24H,2,9-10H2,1H3,(H2,21,22,23). The van der Waals surface area contributed by atoms with Crippen LogP contribution in [0.1, 0.15) is 23.5 Å². The number of thiophene rings is 1. The van der Waals surface area contributed by atoms with Gasteiger partial charge >= 0.3 is 6.61 Å². The van der Waals surface area contributed by atoms with Gasteiger partial charge in [-0.3, -0.25) is 0 Å². The lowest BCUT2D eigenvalue weighted by molar-refractivity contribution is -0.0504. The summed E-state index contributed by atoms with van der Waals surface area (Å²) >= 11 is 7.18. The highest BCUT2D eigenvalue weighted by atomic mass is 35.5. The van der Waals surface area contributed by atoms with Gasteiger partial charge in [-0.25, -0.2) is 4.99 Å². The summed E-state index contributed by atoms with van der Waals surface area (Å²) in [5.41, 5.74) is 0.538. The number of nitrogens with one attached hydrogen (secondary N) is 2. The van der Waals surface area contributed by atoms with Crippen LogP contribution in [0.15, 0.2) is 41.4 Å². The number of para-hydroxylation sites is 1. The SMILES string of the molecule is CCNC(=NCc1ccccc1OC(F)F)NCC(O)c1ccc(Cl)s1. The number of ether oxygens (including phenoxy) is 1. The molecule has 5 nitrogen and oxygen atoms in total. The zero-order valence-electron chi connectivity index (χ0n) is 14.1. The zero-order chi connectivity index (χ0) is 18.9. The van der Waals surface area contributed by atoms with E-state index in [2.05, 4.69) is 20.4 Å². The van der Waals surface area contributed by atoms with Gasteiger partial charge in [0, 0.05) is 23.5 Å². The van der Waals surface area contributed by atoms with Crippen molar-refractivity contribution < 1.29 is 18.6 Å². The average Bonchev–Trinajstić information content (AvgIpc) is 3.04. The van der Waals surface area contributed by atoms with Gasteiger partial charge in [-0.1, -0.05) is 29.8 Å². The third-order valence-corrected chi connectivity index (χ3v) is 4.66. The molecule has 0 aliphatic carbocycles. The first-order valence-corrected chi connectivity index (χ1v) is 9.17. The molecule has 1 aromatic heterocycles. The van der Waals surface area contributed by atoms with Crippen LogP contribution >= 0.6 is 22.9 Å². The Bertz CT molecular complexity index is 728. The van der Waals surface area contributed by atoms with E-state index in [1.54, 1.807) is 30.3 Å². The molecule has 2 aromatic rings. The quantitative estimate of drug-likeness (QED) is 0.463.